The van der Waals surface area contributed by atoms with Gasteiger partial charge < -0.3 is 10.4 Å². The summed E-state index contributed by atoms with van der Waals surface area (Å²) in [6.45, 7) is -0.699. The highest BCUT2D eigenvalue weighted by atomic mass is 32.2. The fraction of sp³-hybridized carbons (Fsp3) is 0.200. The van der Waals surface area contributed by atoms with Gasteiger partial charge in [-0.1, -0.05) is 23.5 Å². The molecule has 8 nitrogen and oxygen atoms in total. The van der Waals surface area contributed by atoms with E-state index in [1.165, 1.54) is 18.2 Å². The van der Waals surface area contributed by atoms with E-state index in [1.807, 2.05) is 0 Å². The number of halogens is 3. The minimum absolute atomic E-state index is 0.0281. The molecule has 0 fully saturated rings. The molecule has 0 bridgehead atoms. The summed E-state index contributed by atoms with van der Waals surface area (Å²) in [7, 11) is -3.48. The number of aromatic nitrogens is 2. The summed E-state index contributed by atoms with van der Waals surface area (Å²) in [5.41, 5.74) is -1.67. The van der Waals surface area contributed by atoms with Crippen LogP contribution in [0.15, 0.2) is 35.2 Å². The number of carbonyl (C=O) groups is 1. The molecule has 0 aliphatic rings. The average Bonchev–Trinajstić information content (AvgIpc) is 3.06. The van der Waals surface area contributed by atoms with Crippen molar-refractivity contribution >= 4 is 38.6 Å². The zero-order valence-electron chi connectivity index (χ0n) is 14.1. The van der Waals surface area contributed by atoms with Gasteiger partial charge in [0.1, 0.15) is 17.3 Å². The molecule has 1 aromatic carbocycles. The average molecular weight is 434 g/mol. The smallest absolute Gasteiger partial charge is 0.432 e. The molecule has 0 aliphatic heterocycles. The number of carboxylic acid groups (broad SMARTS) is 1. The monoisotopic (exact) mass is 434 g/mol. The Bertz CT molecular complexity index is 1050. The van der Waals surface area contributed by atoms with Crippen molar-refractivity contribution in [3.05, 3.63) is 35.3 Å². The zero-order valence-corrected chi connectivity index (χ0v) is 15.7. The van der Waals surface area contributed by atoms with Crippen molar-refractivity contribution in [2.45, 2.75) is 11.1 Å². The van der Waals surface area contributed by atoms with Gasteiger partial charge in [0.2, 0.25) is 0 Å². The number of benzene rings is 1. The fourth-order valence-corrected chi connectivity index (χ4v) is 3.39. The molecule has 0 atom stereocenters. The molecular formula is C15H13F3N4O4S2. The van der Waals surface area contributed by atoms with Crippen molar-refractivity contribution in [2.75, 3.05) is 12.8 Å². The Morgan fingerprint density at radius 2 is 2.04 bits per heavy atom. The van der Waals surface area contributed by atoms with E-state index >= 15 is 0 Å². The van der Waals surface area contributed by atoms with Gasteiger partial charge in [0.25, 0.3) is 0 Å². The number of hydrogen-bond donors (Lipinski definition) is 3. The number of carboxylic acids is 1. The van der Waals surface area contributed by atoms with Gasteiger partial charge in [-0.15, -0.1) is 10.2 Å². The van der Waals surface area contributed by atoms with Gasteiger partial charge in [-0.05, 0) is 18.2 Å². The van der Waals surface area contributed by atoms with E-state index in [2.05, 4.69) is 15.5 Å². The number of alkyl halides is 3. The standard InChI is InChI=1S/C15H13F3N4O4S2/c1-28(25,26)9-4-2-3-8(5-9)13-21-22-14(27-13)10(20-7-12(23)24)6-11(19)15(16,17)18/h2-6,19-20H,7H2,1H3,(H,23,24)/b10-6-,19-11?. The maximum absolute atomic E-state index is 12.6. The van der Waals surface area contributed by atoms with Crippen LogP contribution in [0, 0.1) is 5.41 Å². The Morgan fingerprint density at radius 1 is 1.36 bits per heavy atom. The molecule has 13 heteroatoms. The molecule has 1 aromatic heterocycles. The summed E-state index contributed by atoms with van der Waals surface area (Å²) in [5, 5.41) is 25.8. The zero-order chi connectivity index (χ0) is 21.1. The van der Waals surface area contributed by atoms with Crippen LogP contribution in [0.3, 0.4) is 0 Å². The van der Waals surface area contributed by atoms with Crippen LogP contribution in [-0.2, 0) is 14.6 Å². The Labute approximate surface area is 161 Å². The molecule has 0 unspecified atom stereocenters. The highest BCUT2D eigenvalue weighted by Crippen LogP contribution is 2.29. The molecule has 150 valence electrons. The Hall–Kier alpha value is -2.80. The first-order valence-corrected chi connectivity index (χ1v) is 10.1. The molecule has 28 heavy (non-hydrogen) atoms. The summed E-state index contributed by atoms with van der Waals surface area (Å²) in [5.74, 6) is -1.32. The molecule has 2 aromatic rings. The van der Waals surface area contributed by atoms with Gasteiger partial charge >= 0.3 is 12.1 Å². The van der Waals surface area contributed by atoms with Crippen LogP contribution in [0.2, 0.25) is 0 Å². The summed E-state index contributed by atoms with van der Waals surface area (Å²) >= 11 is 0.813. The second kappa shape index (κ2) is 8.06. The first kappa shape index (κ1) is 21.5. The van der Waals surface area contributed by atoms with E-state index in [4.69, 9.17) is 10.5 Å². The van der Waals surface area contributed by atoms with Crippen molar-refractivity contribution in [1.82, 2.24) is 15.5 Å². The lowest BCUT2D eigenvalue weighted by Gasteiger charge is -2.08. The number of sulfone groups is 1. The van der Waals surface area contributed by atoms with E-state index in [9.17, 15) is 26.4 Å². The number of nitrogens with one attached hydrogen (secondary N) is 2. The number of aliphatic carboxylic acids is 1. The van der Waals surface area contributed by atoms with Crippen molar-refractivity contribution in [3.8, 4) is 10.6 Å². The maximum atomic E-state index is 12.6. The lowest BCUT2D eigenvalue weighted by molar-refractivity contribution is -0.135. The lowest BCUT2D eigenvalue weighted by Crippen LogP contribution is -2.25. The van der Waals surface area contributed by atoms with Gasteiger partial charge in [0, 0.05) is 11.8 Å². The third-order valence-corrected chi connectivity index (χ3v) is 5.30. The number of nitrogens with zero attached hydrogens (tertiary/aromatic N) is 2. The number of hydrogen-bond acceptors (Lipinski definition) is 8. The molecular weight excluding hydrogens is 421 g/mol. The summed E-state index contributed by atoms with van der Waals surface area (Å²) in [6, 6.07) is 5.74. The van der Waals surface area contributed by atoms with E-state index in [1.54, 1.807) is 6.07 Å². The van der Waals surface area contributed by atoms with E-state index < -0.39 is 34.2 Å². The summed E-state index contributed by atoms with van der Waals surface area (Å²) in [6.07, 6.45) is -3.48. The first-order valence-electron chi connectivity index (χ1n) is 7.35. The fourth-order valence-electron chi connectivity index (χ4n) is 1.89. The SMILES string of the molecule is CS(=O)(=O)c1cccc(-c2nnc(/C(=C/C(=N)C(F)(F)F)NCC(=O)O)s2)c1. The van der Waals surface area contributed by atoms with Crippen LogP contribution in [0.5, 0.6) is 0 Å². The normalized spacial score (nSPS) is 12.6. The van der Waals surface area contributed by atoms with Gasteiger partial charge in [0.15, 0.2) is 14.8 Å². The molecule has 0 spiro atoms. The molecule has 0 saturated carbocycles. The predicted molar refractivity (Wildman–Crippen MR) is 95.9 cm³/mol. The molecule has 0 aliphatic carbocycles. The highest BCUT2D eigenvalue weighted by molar-refractivity contribution is 7.90. The molecule has 0 radical (unpaired) electrons. The topological polar surface area (TPSA) is 133 Å². The van der Waals surface area contributed by atoms with Crippen LogP contribution in [-0.4, -0.2) is 54.4 Å². The predicted octanol–water partition coefficient (Wildman–Crippen LogP) is 2.21. The van der Waals surface area contributed by atoms with Crippen molar-refractivity contribution in [2.24, 2.45) is 0 Å². The number of allylic oxidation sites excluding steroid dienone is 1. The van der Waals surface area contributed by atoms with Gasteiger partial charge in [-0.3, -0.25) is 10.2 Å². The van der Waals surface area contributed by atoms with Crippen LogP contribution in [0.4, 0.5) is 13.2 Å². The molecule has 0 amide bonds. The third kappa shape index (κ3) is 5.60. The van der Waals surface area contributed by atoms with Crippen molar-refractivity contribution in [3.63, 3.8) is 0 Å². The Balaban J connectivity index is 2.43. The molecule has 0 saturated heterocycles. The second-order valence-electron chi connectivity index (χ2n) is 5.43. The van der Waals surface area contributed by atoms with E-state index in [-0.39, 0.29) is 20.6 Å². The van der Waals surface area contributed by atoms with Crippen LogP contribution < -0.4 is 5.32 Å². The lowest BCUT2D eigenvalue weighted by atomic mass is 10.2. The van der Waals surface area contributed by atoms with E-state index in [0.29, 0.717) is 11.6 Å². The van der Waals surface area contributed by atoms with Gasteiger partial charge in [-0.2, -0.15) is 13.2 Å². The van der Waals surface area contributed by atoms with Crippen molar-refractivity contribution in [1.29, 1.82) is 5.41 Å². The molecule has 3 N–H and O–H groups in total. The van der Waals surface area contributed by atoms with Gasteiger partial charge in [0.05, 0.1) is 10.6 Å². The first-order chi connectivity index (χ1) is 12.9. The minimum Gasteiger partial charge on any atom is -0.480 e. The second-order valence-corrected chi connectivity index (χ2v) is 8.42. The third-order valence-electron chi connectivity index (χ3n) is 3.19. The summed E-state index contributed by atoms with van der Waals surface area (Å²) < 4.78 is 61.3. The minimum atomic E-state index is -4.92. The van der Waals surface area contributed by atoms with Crippen LogP contribution in [0.1, 0.15) is 5.01 Å². The maximum Gasteiger partial charge on any atom is 0.432 e. The Morgan fingerprint density at radius 3 is 2.61 bits per heavy atom. The Kier molecular flexibility index (Phi) is 6.19. The highest BCUT2D eigenvalue weighted by Gasteiger charge is 2.33. The van der Waals surface area contributed by atoms with E-state index in [0.717, 1.165) is 17.6 Å². The molecule has 1 heterocycles. The van der Waals surface area contributed by atoms with Crippen LogP contribution >= 0.6 is 11.3 Å². The molecule has 2 rings (SSSR count). The van der Waals surface area contributed by atoms with Gasteiger partial charge in [-0.25, -0.2) is 8.42 Å². The van der Waals surface area contributed by atoms with Crippen molar-refractivity contribution < 1.29 is 31.5 Å². The summed E-state index contributed by atoms with van der Waals surface area (Å²) in [4.78, 5) is 10.7. The number of rotatable bonds is 7. The quantitative estimate of drug-likeness (QED) is 0.569. The largest absolute Gasteiger partial charge is 0.480 e. The van der Waals surface area contributed by atoms with Crippen LogP contribution in [0.25, 0.3) is 16.3 Å².